The van der Waals surface area contributed by atoms with Crippen LogP contribution in [-0.2, 0) is 15.7 Å². The minimum absolute atomic E-state index is 0.00605. The maximum absolute atomic E-state index is 11.9. The predicted molar refractivity (Wildman–Crippen MR) is 79.8 cm³/mol. The van der Waals surface area contributed by atoms with E-state index in [1.54, 1.807) is 20.8 Å². The van der Waals surface area contributed by atoms with Gasteiger partial charge in [0, 0.05) is 5.56 Å². The van der Waals surface area contributed by atoms with Crippen molar-refractivity contribution in [1.29, 1.82) is 0 Å². The summed E-state index contributed by atoms with van der Waals surface area (Å²) in [6, 6.07) is 5.70. The fraction of sp³-hybridized carbons (Fsp3) is 0.571. The minimum atomic E-state index is -3.15. The molecule has 0 bridgehead atoms. The first-order valence-electron chi connectivity index (χ1n) is 6.18. The molecule has 0 aromatic heterocycles. The van der Waals surface area contributed by atoms with Crippen LogP contribution in [0, 0.1) is 6.92 Å². The molecule has 0 amide bonds. The molecule has 1 aromatic carbocycles. The molecule has 19 heavy (non-hydrogen) atoms. The van der Waals surface area contributed by atoms with Crippen LogP contribution in [-0.4, -0.2) is 25.5 Å². The summed E-state index contributed by atoms with van der Waals surface area (Å²) in [6.07, 6.45) is 0. The molecule has 0 atom stereocenters. The van der Waals surface area contributed by atoms with Gasteiger partial charge in [-0.05, 0) is 33.8 Å². The highest BCUT2D eigenvalue weighted by Gasteiger charge is 2.28. The van der Waals surface area contributed by atoms with Gasteiger partial charge in [-0.3, -0.25) is 0 Å². The highest BCUT2D eigenvalue weighted by Crippen LogP contribution is 2.22. The molecule has 0 unspecified atom stereocenters. The van der Waals surface area contributed by atoms with E-state index >= 15 is 0 Å². The van der Waals surface area contributed by atoms with Crippen molar-refractivity contribution in [1.82, 2.24) is 0 Å². The second-order valence-electron chi connectivity index (χ2n) is 5.52. The van der Waals surface area contributed by atoms with Gasteiger partial charge in [-0.15, -0.1) is 11.6 Å². The van der Waals surface area contributed by atoms with E-state index in [2.05, 4.69) is 0 Å². The van der Waals surface area contributed by atoms with Crippen molar-refractivity contribution < 1.29 is 13.2 Å². The molecule has 0 spiro atoms. The van der Waals surface area contributed by atoms with E-state index in [1.165, 1.54) is 0 Å². The molecule has 0 saturated carbocycles. The number of alkyl halides is 1. The monoisotopic (exact) mass is 304 g/mol. The first-order chi connectivity index (χ1) is 8.67. The average Bonchev–Trinajstić information content (AvgIpc) is 2.29. The Balaban J connectivity index is 2.69. The molecular formula is C14H21ClO3S. The second kappa shape index (κ2) is 6.14. The van der Waals surface area contributed by atoms with E-state index in [0.29, 0.717) is 11.6 Å². The third kappa shape index (κ3) is 4.39. The lowest BCUT2D eigenvalue weighted by Crippen LogP contribution is -2.32. The van der Waals surface area contributed by atoms with Gasteiger partial charge >= 0.3 is 0 Å². The number of hydrogen-bond donors (Lipinski definition) is 0. The average molecular weight is 305 g/mol. The molecule has 0 saturated heterocycles. The zero-order valence-electron chi connectivity index (χ0n) is 11.9. The Morgan fingerprint density at radius 3 is 2.42 bits per heavy atom. The van der Waals surface area contributed by atoms with E-state index < -0.39 is 14.6 Å². The van der Waals surface area contributed by atoms with Crippen LogP contribution < -0.4 is 4.74 Å². The summed E-state index contributed by atoms with van der Waals surface area (Å²) in [5.74, 6) is 1.01. The topological polar surface area (TPSA) is 43.4 Å². The van der Waals surface area contributed by atoms with Gasteiger partial charge in [0.05, 0.1) is 16.4 Å². The van der Waals surface area contributed by atoms with Gasteiger partial charge in [0.2, 0.25) is 0 Å². The lowest BCUT2D eigenvalue weighted by molar-refractivity contribution is 0.337. The number of benzene rings is 1. The molecule has 0 fully saturated rings. The molecule has 0 heterocycles. The Labute approximate surface area is 120 Å². The SMILES string of the molecule is Cc1ccc(OCCS(=O)(=O)C(C)(C)C)c(CCl)c1. The first kappa shape index (κ1) is 16.3. The fourth-order valence-electron chi connectivity index (χ4n) is 1.52. The van der Waals surface area contributed by atoms with E-state index in [-0.39, 0.29) is 12.4 Å². The summed E-state index contributed by atoms with van der Waals surface area (Å²) in [7, 11) is -3.15. The highest BCUT2D eigenvalue weighted by molar-refractivity contribution is 7.92. The van der Waals surface area contributed by atoms with E-state index in [4.69, 9.17) is 16.3 Å². The van der Waals surface area contributed by atoms with Crippen molar-refractivity contribution in [3.8, 4) is 5.75 Å². The van der Waals surface area contributed by atoms with Crippen LogP contribution in [0.4, 0.5) is 0 Å². The molecule has 0 N–H and O–H groups in total. The molecule has 3 nitrogen and oxygen atoms in total. The fourth-order valence-corrected chi connectivity index (χ4v) is 2.64. The second-order valence-corrected chi connectivity index (χ2v) is 8.65. The van der Waals surface area contributed by atoms with Gasteiger partial charge in [0.15, 0.2) is 9.84 Å². The molecule has 0 aliphatic carbocycles. The molecule has 1 aromatic rings. The van der Waals surface area contributed by atoms with Gasteiger partial charge in [0.25, 0.3) is 0 Å². The van der Waals surface area contributed by atoms with Crippen molar-refractivity contribution in [2.75, 3.05) is 12.4 Å². The molecule has 1 rings (SSSR count). The molecule has 0 aliphatic rings. The summed E-state index contributed by atoms with van der Waals surface area (Å²) in [4.78, 5) is 0. The van der Waals surface area contributed by atoms with Gasteiger partial charge in [-0.2, -0.15) is 0 Å². The quantitative estimate of drug-likeness (QED) is 0.784. The predicted octanol–water partition coefficient (Wildman–Crippen LogP) is 3.33. The number of halogens is 1. The molecular weight excluding hydrogens is 284 g/mol. The van der Waals surface area contributed by atoms with Crippen molar-refractivity contribution in [3.05, 3.63) is 29.3 Å². The minimum Gasteiger partial charge on any atom is -0.492 e. The number of ether oxygens (including phenoxy) is 1. The van der Waals surface area contributed by atoms with Crippen molar-refractivity contribution in [3.63, 3.8) is 0 Å². The van der Waals surface area contributed by atoms with Crippen LogP contribution in [0.5, 0.6) is 5.75 Å². The molecule has 5 heteroatoms. The van der Waals surface area contributed by atoms with Crippen molar-refractivity contribution >= 4 is 21.4 Å². The van der Waals surface area contributed by atoms with Crippen LogP contribution >= 0.6 is 11.6 Å². The normalized spacial score (nSPS) is 12.5. The van der Waals surface area contributed by atoms with Gasteiger partial charge in [-0.25, -0.2) is 8.42 Å². The number of hydrogen-bond acceptors (Lipinski definition) is 3. The Morgan fingerprint density at radius 1 is 1.26 bits per heavy atom. The zero-order valence-corrected chi connectivity index (χ0v) is 13.4. The van der Waals surface area contributed by atoms with Crippen molar-refractivity contribution in [2.45, 2.75) is 38.3 Å². The van der Waals surface area contributed by atoms with Gasteiger partial charge < -0.3 is 4.74 Å². The molecule has 0 aliphatic heterocycles. The number of rotatable bonds is 5. The van der Waals surface area contributed by atoms with Gasteiger partial charge in [0.1, 0.15) is 12.4 Å². The summed E-state index contributed by atoms with van der Waals surface area (Å²) in [5.41, 5.74) is 1.99. The maximum atomic E-state index is 11.9. The van der Waals surface area contributed by atoms with Crippen LogP contribution in [0.25, 0.3) is 0 Å². The molecule has 0 radical (unpaired) electrons. The third-order valence-electron chi connectivity index (χ3n) is 2.90. The Hall–Kier alpha value is -0.740. The largest absolute Gasteiger partial charge is 0.492 e. The van der Waals surface area contributed by atoms with Gasteiger partial charge in [-0.1, -0.05) is 17.7 Å². The van der Waals surface area contributed by atoms with Crippen LogP contribution in [0.2, 0.25) is 0 Å². The van der Waals surface area contributed by atoms with Crippen LogP contribution in [0.15, 0.2) is 18.2 Å². The Bertz CT molecular complexity index is 530. The highest BCUT2D eigenvalue weighted by atomic mass is 35.5. The lowest BCUT2D eigenvalue weighted by atomic mass is 10.1. The zero-order chi connectivity index (χ0) is 14.7. The smallest absolute Gasteiger partial charge is 0.158 e. The number of sulfone groups is 1. The number of aryl methyl sites for hydroxylation is 1. The van der Waals surface area contributed by atoms with Crippen LogP contribution in [0.3, 0.4) is 0 Å². The lowest BCUT2D eigenvalue weighted by Gasteiger charge is -2.19. The summed E-state index contributed by atoms with van der Waals surface area (Å²) in [5, 5.41) is 0. The Morgan fingerprint density at radius 2 is 1.89 bits per heavy atom. The first-order valence-corrected chi connectivity index (χ1v) is 8.36. The summed E-state index contributed by atoms with van der Waals surface area (Å²) < 4.78 is 28.7. The maximum Gasteiger partial charge on any atom is 0.158 e. The van der Waals surface area contributed by atoms with E-state index in [1.807, 2.05) is 25.1 Å². The van der Waals surface area contributed by atoms with Crippen LogP contribution in [0.1, 0.15) is 31.9 Å². The van der Waals surface area contributed by atoms with Crippen molar-refractivity contribution in [2.24, 2.45) is 0 Å². The summed E-state index contributed by atoms with van der Waals surface area (Å²) >= 11 is 5.85. The van der Waals surface area contributed by atoms with E-state index in [0.717, 1.165) is 11.1 Å². The Kier molecular flexibility index (Phi) is 5.27. The summed E-state index contributed by atoms with van der Waals surface area (Å²) in [6.45, 7) is 7.20. The standard InChI is InChI=1S/C14H21ClO3S/c1-11-5-6-13(12(9-11)10-15)18-7-8-19(16,17)14(2,3)4/h5-6,9H,7-8,10H2,1-4H3. The van der Waals surface area contributed by atoms with E-state index in [9.17, 15) is 8.42 Å². The molecule has 108 valence electrons. The third-order valence-corrected chi connectivity index (χ3v) is 5.76.